The van der Waals surface area contributed by atoms with Crippen molar-refractivity contribution in [3.8, 4) is 17.6 Å². The van der Waals surface area contributed by atoms with E-state index >= 15 is 0 Å². The first-order valence-corrected chi connectivity index (χ1v) is 6.07. The van der Waals surface area contributed by atoms with Gasteiger partial charge >= 0.3 is 0 Å². The number of nitrogens with zero attached hydrogens (tertiary/aromatic N) is 2. The molecule has 1 N–H and O–H groups in total. The van der Waals surface area contributed by atoms with Gasteiger partial charge in [-0.15, -0.1) is 0 Å². The number of nitriles is 1. The second-order valence-electron chi connectivity index (χ2n) is 4.07. The summed E-state index contributed by atoms with van der Waals surface area (Å²) in [5, 5.41) is 12.4. The SMILES string of the molecule is COc1cc(C#N)c(NCc2ccncc2)cc1OC. The van der Waals surface area contributed by atoms with Gasteiger partial charge in [-0.2, -0.15) is 5.26 Å². The maximum atomic E-state index is 9.20. The number of aromatic nitrogens is 1. The Labute approximate surface area is 117 Å². The maximum Gasteiger partial charge on any atom is 0.162 e. The fraction of sp³-hybridized carbons (Fsp3) is 0.200. The zero-order chi connectivity index (χ0) is 14.4. The van der Waals surface area contributed by atoms with Gasteiger partial charge in [0.25, 0.3) is 0 Å². The van der Waals surface area contributed by atoms with Crippen LogP contribution in [0.3, 0.4) is 0 Å². The molecular formula is C15H15N3O2. The smallest absolute Gasteiger partial charge is 0.162 e. The molecule has 0 unspecified atom stereocenters. The molecule has 1 heterocycles. The van der Waals surface area contributed by atoms with Crippen molar-refractivity contribution >= 4 is 5.69 Å². The maximum absolute atomic E-state index is 9.20. The van der Waals surface area contributed by atoms with E-state index in [1.165, 1.54) is 0 Å². The van der Waals surface area contributed by atoms with E-state index in [1.807, 2.05) is 12.1 Å². The number of rotatable bonds is 5. The van der Waals surface area contributed by atoms with Crippen LogP contribution in [0.2, 0.25) is 0 Å². The van der Waals surface area contributed by atoms with E-state index in [9.17, 15) is 5.26 Å². The Morgan fingerprint density at radius 1 is 1.15 bits per heavy atom. The summed E-state index contributed by atoms with van der Waals surface area (Å²) in [6.45, 7) is 0.604. The van der Waals surface area contributed by atoms with E-state index in [0.717, 1.165) is 5.56 Å². The number of hydrogen-bond acceptors (Lipinski definition) is 5. The van der Waals surface area contributed by atoms with Crippen LogP contribution in [0.25, 0.3) is 0 Å². The fourth-order valence-electron chi connectivity index (χ4n) is 1.82. The van der Waals surface area contributed by atoms with E-state index in [0.29, 0.717) is 29.3 Å². The van der Waals surface area contributed by atoms with Crippen molar-refractivity contribution in [1.29, 1.82) is 5.26 Å². The zero-order valence-electron chi connectivity index (χ0n) is 11.4. The zero-order valence-corrected chi connectivity index (χ0v) is 11.4. The topological polar surface area (TPSA) is 67.2 Å². The van der Waals surface area contributed by atoms with E-state index in [4.69, 9.17) is 9.47 Å². The molecule has 0 atom stereocenters. The average Bonchev–Trinajstić information content (AvgIpc) is 2.52. The van der Waals surface area contributed by atoms with Crippen LogP contribution in [0.1, 0.15) is 11.1 Å². The number of hydrogen-bond donors (Lipinski definition) is 1. The highest BCUT2D eigenvalue weighted by Crippen LogP contribution is 2.33. The molecule has 5 nitrogen and oxygen atoms in total. The van der Waals surface area contributed by atoms with Crippen molar-refractivity contribution in [2.75, 3.05) is 19.5 Å². The fourth-order valence-corrected chi connectivity index (χ4v) is 1.82. The second kappa shape index (κ2) is 6.43. The normalized spacial score (nSPS) is 9.65. The molecule has 1 aromatic carbocycles. The van der Waals surface area contributed by atoms with Gasteiger partial charge in [0.2, 0.25) is 0 Å². The highest BCUT2D eigenvalue weighted by molar-refractivity contribution is 5.65. The first-order valence-electron chi connectivity index (χ1n) is 6.07. The van der Waals surface area contributed by atoms with Gasteiger partial charge in [-0.05, 0) is 17.7 Å². The van der Waals surface area contributed by atoms with Crippen molar-refractivity contribution in [1.82, 2.24) is 4.98 Å². The first-order chi connectivity index (χ1) is 9.78. The van der Waals surface area contributed by atoms with E-state index in [1.54, 1.807) is 38.7 Å². The lowest BCUT2D eigenvalue weighted by atomic mass is 10.1. The Morgan fingerprint density at radius 3 is 2.40 bits per heavy atom. The molecule has 0 spiro atoms. The Hall–Kier alpha value is -2.74. The van der Waals surface area contributed by atoms with Crippen LogP contribution in [0.5, 0.6) is 11.5 Å². The minimum Gasteiger partial charge on any atom is -0.493 e. The summed E-state index contributed by atoms with van der Waals surface area (Å²) < 4.78 is 10.4. The van der Waals surface area contributed by atoms with Crippen LogP contribution < -0.4 is 14.8 Å². The minimum atomic E-state index is 0.511. The van der Waals surface area contributed by atoms with Gasteiger partial charge in [0.1, 0.15) is 6.07 Å². The van der Waals surface area contributed by atoms with Crippen molar-refractivity contribution in [3.63, 3.8) is 0 Å². The molecule has 2 aromatic rings. The quantitative estimate of drug-likeness (QED) is 0.903. The van der Waals surface area contributed by atoms with Crippen LogP contribution in [-0.2, 0) is 6.54 Å². The third-order valence-corrected chi connectivity index (χ3v) is 2.88. The number of nitrogens with one attached hydrogen (secondary N) is 1. The van der Waals surface area contributed by atoms with Crippen LogP contribution in [-0.4, -0.2) is 19.2 Å². The van der Waals surface area contributed by atoms with E-state index in [2.05, 4.69) is 16.4 Å². The lowest BCUT2D eigenvalue weighted by Crippen LogP contribution is -2.02. The third-order valence-electron chi connectivity index (χ3n) is 2.88. The van der Waals surface area contributed by atoms with Crippen LogP contribution in [0, 0.1) is 11.3 Å². The highest BCUT2D eigenvalue weighted by atomic mass is 16.5. The molecule has 0 aliphatic carbocycles. The summed E-state index contributed by atoms with van der Waals surface area (Å²) in [7, 11) is 3.11. The molecule has 0 amide bonds. The average molecular weight is 269 g/mol. The standard InChI is InChI=1S/C15H15N3O2/c1-19-14-7-12(9-16)13(8-15(14)20-2)18-10-11-3-5-17-6-4-11/h3-8,18H,10H2,1-2H3. The molecule has 2 rings (SSSR count). The molecule has 0 saturated carbocycles. The van der Waals surface area contributed by atoms with Gasteiger partial charge < -0.3 is 14.8 Å². The lowest BCUT2D eigenvalue weighted by Gasteiger charge is -2.13. The summed E-state index contributed by atoms with van der Waals surface area (Å²) in [5.41, 5.74) is 2.30. The van der Waals surface area contributed by atoms with Gasteiger partial charge in [-0.3, -0.25) is 4.98 Å². The van der Waals surface area contributed by atoms with Gasteiger partial charge in [0.15, 0.2) is 11.5 Å². The Kier molecular flexibility index (Phi) is 4.40. The molecule has 0 aliphatic heterocycles. The van der Waals surface area contributed by atoms with Gasteiger partial charge in [-0.25, -0.2) is 0 Å². The van der Waals surface area contributed by atoms with Crippen molar-refractivity contribution in [2.45, 2.75) is 6.54 Å². The minimum absolute atomic E-state index is 0.511. The number of methoxy groups -OCH3 is 2. The molecule has 0 bridgehead atoms. The van der Waals surface area contributed by atoms with Crippen LogP contribution in [0.15, 0.2) is 36.7 Å². The molecule has 5 heteroatoms. The molecule has 0 aliphatic rings. The first kappa shape index (κ1) is 13.7. The summed E-state index contributed by atoms with van der Waals surface area (Å²) in [6, 6.07) is 9.40. The number of pyridine rings is 1. The second-order valence-corrected chi connectivity index (χ2v) is 4.07. The van der Waals surface area contributed by atoms with Crippen molar-refractivity contribution in [2.24, 2.45) is 0 Å². The molecular weight excluding hydrogens is 254 g/mol. The largest absolute Gasteiger partial charge is 0.493 e. The van der Waals surface area contributed by atoms with E-state index < -0.39 is 0 Å². The summed E-state index contributed by atoms with van der Waals surface area (Å²) in [6.07, 6.45) is 3.47. The van der Waals surface area contributed by atoms with Crippen molar-refractivity contribution < 1.29 is 9.47 Å². The van der Waals surface area contributed by atoms with Crippen LogP contribution in [0.4, 0.5) is 5.69 Å². The summed E-state index contributed by atoms with van der Waals surface area (Å²) in [4.78, 5) is 3.97. The predicted octanol–water partition coefficient (Wildman–Crippen LogP) is 2.58. The summed E-state index contributed by atoms with van der Waals surface area (Å²) >= 11 is 0. The highest BCUT2D eigenvalue weighted by Gasteiger charge is 2.10. The molecule has 20 heavy (non-hydrogen) atoms. The molecule has 0 fully saturated rings. The van der Waals surface area contributed by atoms with Gasteiger partial charge in [0, 0.05) is 31.1 Å². The summed E-state index contributed by atoms with van der Waals surface area (Å²) in [5.74, 6) is 1.13. The van der Waals surface area contributed by atoms with Gasteiger partial charge in [-0.1, -0.05) is 0 Å². The molecule has 0 radical (unpaired) electrons. The molecule has 0 saturated heterocycles. The van der Waals surface area contributed by atoms with E-state index in [-0.39, 0.29) is 0 Å². The Morgan fingerprint density at radius 2 is 1.80 bits per heavy atom. The predicted molar refractivity (Wildman–Crippen MR) is 75.8 cm³/mol. The number of anilines is 1. The third kappa shape index (κ3) is 2.98. The van der Waals surface area contributed by atoms with Gasteiger partial charge in [0.05, 0.1) is 25.5 Å². The van der Waals surface area contributed by atoms with Crippen molar-refractivity contribution in [3.05, 3.63) is 47.8 Å². The molecule has 1 aromatic heterocycles. The Balaban J connectivity index is 2.24. The number of benzene rings is 1. The number of ether oxygens (including phenoxy) is 2. The molecule has 102 valence electrons. The monoisotopic (exact) mass is 269 g/mol. The van der Waals surface area contributed by atoms with Crippen LogP contribution >= 0.6 is 0 Å². The lowest BCUT2D eigenvalue weighted by molar-refractivity contribution is 0.355. The Bertz CT molecular complexity index is 621.